The summed E-state index contributed by atoms with van der Waals surface area (Å²) in [5.74, 6) is 1.59. The van der Waals surface area contributed by atoms with Crippen LogP contribution >= 0.6 is 11.6 Å². The zero-order valence-electron chi connectivity index (χ0n) is 8.19. The summed E-state index contributed by atoms with van der Waals surface area (Å²) in [5.41, 5.74) is 2.26. The SMILES string of the molecule is COc1cc(Cl)c(OC)c2c1CNC2. The van der Waals surface area contributed by atoms with Crippen molar-refractivity contribution in [3.63, 3.8) is 0 Å². The van der Waals surface area contributed by atoms with Gasteiger partial charge in [-0.3, -0.25) is 0 Å². The molecule has 0 fully saturated rings. The summed E-state index contributed by atoms with van der Waals surface area (Å²) in [4.78, 5) is 0. The van der Waals surface area contributed by atoms with Crippen LogP contribution in [0.1, 0.15) is 11.1 Å². The summed E-state index contributed by atoms with van der Waals surface area (Å²) in [7, 11) is 3.28. The number of hydrogen-bond acceptors (Lipinski definition) is 3. The van der Waals surface area contributed by atoms with Crippen LogP contribution in [0.15, 0.2) is 6.07 Å². The highest BCUT2D eigenvalue weighted by Gasteiger charge is 2.22. The van der Waals surface area contributed by atoms with Gasteiger partial charge in [-0.15, -0.1) is 0 Å². The Bertz CT molecular complexity index is 366. The topological polar surface area (TPSA) is 30.5 Å². The summed E-state index contributed by atoms with van der Waals surface area (Å²) in [6, 6.07) is 1.80. The van der Waals surface area contributed by atoms with E-state index in [0.29, 0.717) is 5.02 Å². The highest BCUT2D eigenvalue weighted by atomic mass is 35.5. The van der Waals surface area contributed by atoms with E-state index in [1.54, 1.807) is 20.3 Å². The van der Waals surface area contributed by atoms with Crippen molar-refractivity contribution in [2.75, 3.05) is 14.2 Å². The highest BCUT2D eigenvalue weighted by molar-refractivity contribution is 6.32. The lowest BCUT2D eigenvalue weighted by Gasteiger charge is -2.12. The molecular formula is C10H12ClNO2. The Morgan fingerprint density at radius 3 is 2.57 bits per heavy atom. The molecule has 0 atom stereocenters. The summed E-state index contributed by atoms with van der Waals surface area (Å²) in [6.45, 7) is 1.60. The number of rotatable bonds is 2. The summed E-state index contributed by atoms with van der Waals surface area (Å²) >= 11 is 6.06. The van der Waals surface area contributed by atoms with Crippen LogP contribution in [-0.4, -0.2) is 14.2 Å². The molecule has 0 unspecified atom stereocenters. The van der Waals surface area contributed by atoms with E-state index in [2.05, 4.69) is 5.32 Å². The predicted molar refractivity (Wildman–Crippen MR) is 55.1 cm³/mol. The average Bonchev–Trinajstić information content (AvgIpc) is 2.65. The third-order valence-corrected chi connectivity index (χ3v) is 2.72. The first kappa shape index (κ1) is 9.62. The molecule has 0 saturated carbocycles. The van der Waals surface area contributed by atoms with Crippen molar-refractivity contribution in [2.45, 2.75) is 13.1 Å². The molecule has 0 spiro atoms. The fourth-order valence-electron chi connectivity index (χ4n) is 1.79. The first-order valence-electron chi connectivity index (χ1n) is 4.41. The Labute approximate surface area is 88.0 Å². The fraction of sp³-hybridized carbons (Fsp3) is 0.400. The minimum absolute atomic E-state index is 0.604. The van der Waals surface area contributed by atoms with Gasteiger partial charge in [0.1, 0.15) is 11.5 Å². The van der Waals surface area contributed by atoms with Gasteiger partial charge in [-0.2, -0.15) is 0 Å². The molecule has 0 aliphatic carbocycles. The third kappa shape index (κ3) is 1.33. The molecule has 3 nitrogen and oxygen atoms in total. The second kappa shape index (κ2) is 3.67. The standard InChI is InChI=1S/C10H12ClNO2/c1-13-9-3-8(11)10(14-2)7-5-12-4-6(7)9/h3,12H,4-5H2,1-2H3. The number of benzene rings is 1. The molecule has 1 heterocycles. The van der Waals surface area contributed by atoms with Crippen molar-refractivity contribution in [2.24, 2.45) is 0 Å². The highest BCUT2D eigenvalue weighted by Crippen LogP contribution is 2.39. The monoisotopic (exact) mass is 213 g/mol. The zero-order chi connectivity index (χ0) is 10.1. The molecule has 0 bridgehead atoms. The van der Waals surface area contributed by atoms with Gasteiger partial charge in [0.05, 0.1) is 19.2 Å². The minimum atomic E-state index is 0.604. The summed E-state index contributed by atoms with van der Waals surface area (Å²) in [6.07, 6.45) is 0. The van der Waals surface area contributed by atoms with Gasteiger partial charge in [0.2, 0.25) is 0 Å². The van der Waals surface area contributed by atoms with Crippen molar-refractivity contribution in [1.82, 2.24) is 5.32 Å². The molecule has 4 heteroatoms. The quantitative estimate of drug-likeness (QED) is 0.815. The third-order valence-electron chi connectivity index (χ3n) is 2.44. The Kier molecular flexibility index (Phi) is 2.52. The van der Waals surface area contributed by atoms with Crippen molar-refractivity contribution in [1.29, 1.82) is 0 Å². The fourth-order valence-corrected chi connectivity index (χ4v) is 2.08. The van der Waals surface area contributed by atoms with E-state index in [4.69, 9.17) is 21.1 Å². The number of fused-ring (bicyclic) bond motifs is 1. The van der Waals surface area contributed by atoms with E-state index >= 15 is 0 Å². The summed E-state index contributed by atoms with van der Waals surface area (Å²) < 4.78 is 10.5. The van der Waals surface area contributed by atoms with E-state index in [1.807, 2.05) is 0 Å². The second-order valence-electron chi connectivity index (χ2n) is 3.15. The molecule has 76 valence electrons. The number of halogens is 1. The summed E-state index contributed by atoms with van der Waals surface area (Å²) in [5, 5.41) is 3.85. The maximum Gasteiger partial charge on any atom is 0.142 e. The van der Waals surface area contributed by atoms with E-state index in [1.165, 1.54) is 0 Å². The van der Waals surface area contributed by atoms with Gasteiger partial charge in [-0.05, 0) is 0 Å². The molecule has 0 aromatic heterocycles. The van der Waals surface area contributed by atoms with Crippen LogP contribution < -0.4 is 14.8 Å². The molecule has 1 aliphatic heterocycles. The van der Waals surface area contributed by atoms with E-state index < -0.39 is 0 Å². The van der Waals surface area contributed by atoms with Gasteiger partial charge in [0.25, 0.3) is 0 Å². The van der Waals surface area contributed by atoms with E-state index in [-0.39, 0.29) is 0 Å². The molecule has 1 aliphatic rings. The van der Waals surface area contributed by atoms with Crippen LogP contribution in [0.3, 0.4) is 0 Å². The molecule has 1 aromatic carbocycles. The smallest absolute Gasteiger partial charge is 0.142 e. The molecule has 0 amide bonds. The normalized spacial score (nSPS) is 13.9. The Morgan fingerprint density at radius 1 is 1.21 bits per heavy atom. The number of ether oxygens (including phenoxy) is 2. The molecular weight excluding hydrogens is 202 g/mol. The molecule has 0 saturated heterocycles. The lowest BCUT2D eigenvalue weighted by molar-refractivity contribution is 0.398. The van der Waals surface area contributed by atoms with Gasteiger partial charge in [0.15, 0.2) is 0 Å². The van der Waals surface area contributed by atoms with Crippen LogP contribution in [0.4, 0.5) is 0 Å². The van der Waals surface area contributed by atoms with Crippen molar-refractivity contribution in [3.05, 3.63) is 22.2 Å². The van der Waals surface area contributed by atoms with E-state index in [0.717, 1.165) is 35.7 Å². The first-order chi connectivity index (χ1) is 6.77. The predicted octanol–water partition coefficient (Wildman–Crippen LogP) is 1.96. The van der Waals surface area contributed by atoms with E-state index in [9.17, 15) is 0 Å². The van der Waals surface area contributed by atoms with Crippen molar-refractivity contribution < 1.29 is 9.47 Å². The molecule has 0 radical (unpaired) electrons. The van der Waals surface area contributed by atoms with Crippen molar-refractivity contribution >= 4 is 11.6 Å². The Morgan fingerprint density at radius 2 is 1.93 bits per heavy atom. The van der Waals surface area contributed by atoms with Crippen LogP contribution in [0.5, 0.6) is 11.5 Å². The van der Waals surface area contributed by atoms with Crippen LogP contribution in [0.25, 0.3) is 0 Å². The largest absolute Gasteiger partial charge is 0.496 e. The molecule has 1 aromatic rings. The van der Waals surface area contributed by atoms with Crippen LogP contribution in [0.2, 0.25) is 5.02 Å². The van der Waals surface area contributed by atoms with Gasteiger partial charge >= 0.3 is 0 Å². The number of nitrogens with one attached hydrogen (secondary N) is 1. The Balaban J connectivity index is 2.61. The van der Waals surface area contributed by atoms with Crippen LogP contribution in [0, 0.1) is 0 Å². The maximum absolute atomic E-state index is 6.06. The van der Waals surface area contributed by atoms with Gasteiger partial charge in [-0.1, -0.05) is 11.6 Å². The lowest BCUT2D eigenvalue weighted by Crippen LogP contribution is -2.00. The minimum Gasteiger partial charge on any atom is -0.496 e. The molecule has 1 N–H and O–H groups in total. The zero-order valence-corrected chi connectivity index (χ0v) is 8.94. The number of methoxy groups -OCH3 is 2. The van der Waals surface area contributed by atoms with Gasteiger partial charge < -0.3 is 14.8 Å². The molecule has 14 heavy (non-hydrogen) atoms. The molecule has 2 rings (SSSR count). The van der Waals surface area contributed by atoms with Gasteiger partial charge in [0, 0.05) is 30.3 Å². The van der Waals surface area contributed by atoms with Crippen molar-refractivity contribution in [3.8, 4) is 11.5 Å². The Hall–Kier alpha value is -0.930. The lowest BCUT2D eigenvalue weighted by atomic mass is 10.1. The second-order valence-corrected chi connectivity index (χ2v) is 3.56. The van der Waals surface area contributed by atoms with Gasteiger partial charge in [-0.25, -0.2) is 0 Å². The van der Waals surface area contributed by atoms with Crippen LogP contribution in [-0.2, 0) is 13.1 Å². The number of hydrogen-bond donors (Lipinski definition) is 1. The average molecular weight is 214 g/mol. The first-order valence-corrected chi connectivity index (χ1v) is 4.78. The maximum atomic E-state index is 6.06.